The number of anilines is 1. The quantitative estimate of drug-likeness (QED) is 0.775. The summed E-state index contributed by atoms with van der Waals surface area (Å²) in [6.07, 6.45) is -0.701. The molecule has 0 saturated heterocycles. The minimum Gasteiger partial charge on any atom is -0.388 e. The monoisotopic (exact) mass is 201 g/mol. The van der Waals surface area contributed by atoms with E-state index in [1.165, 1.54) is 12.1 Å². The van der Waals surface area contributed by atoms with Crippen LogP contribution in [0.15, 0.2) is 24.3 Å². The standard InChI is InChI=1S/C10H10F3N/c1-14-8-4-2-3-7(5-8)9(11)6-10(9,12)13/h2-5,14H,6H2,1H3. The second-order valence-electron chi connectivity index (χ2n) is 3.51. The maximum atomic E-state index is 13.5. The van der Waals surface area contributed by atoms with Crippen molar-refractivity contribution in [2.45, 2.75) is 18.0 Å². The van der Waals surface area contributed by atoms with Crippen LogP contribution in [0, 0.1) is 0 Å². The summed E-state index contributed by atoms with van der Waals surface area (Å²) < 4.78 is 39.0. The lowest BCUT2D eigenvalue weighted by Crippen LogP contribution is -2.09. The maximum Gasteiger partial charge on any atom is 0.289 e. The summed E-state index contributed by atoms with van der Waals surface area (Å²) in [6.45, 7) is 0. The van der Waals surface area contributed by atoms with Gasteiger partial charge in [0.15, 0.2) is 0 Å². The summed E-state index contributed by atoms with van der Waals surface area (Å²) in [5.41, 5.74) is -1.75. The molecule has 1 fully saturated rings. The van der Waals surface area contributed by atoms with Crippen molar-refractivity contribution in [2.24, 2.45) is 0 Å². The zero-order chi connectivity index (χ0) is 10.4. The molecule has 1 aliphatic rings. The van der Waals surface area contributed by atoms with Gasteiger partial charge in [0, 0.05) is 12.7 Å². The van der Waals surface area contributed by atoms with Crippen molar-refractivity contribution in [2.75, 3.05) is 12.4 Å². The Balaban J connectivity index is 2.34. The highest BCUT2D eigenvalue weighted by Crippen LogP contribution is 2.62. The molecule has 0 aromatic heterocycles. The molecule has 2 rings (SSSR count). The van der Waals surface area contributed by atoms with E-state index < -0.39 is 18.0 Å². The van der Waals surface area contributed by atoms with E-state index in [1.54, 1.807) is 19.2 Å². The molecule has 0 amide bonds. The van der Waals surface area contributed by atoms with Gasteiger partial charge in [0.25, 0.3) is 5.92 Å². The van der Waals surface area contributed by atoms with Crippen molar-refractivity contribution in [3.8, 4) is 0 Å². The molecule has 0 bridgehead atoms. The van der Waals surface area contributed by atoms with E-state index in [9.17, 15) is 13.2 Å². The van der Waals surface area contributed by atoms with Crippen molar-refractivity contribution < 1.29 is 13.2 Å². The van der Waals surface area contributed by atoms with Crippen LogP contribution in [0.1, 0.15) is 12.0 Å². The summed E-state index contributed by atoms with van der Waals surface area (Å²) in [7, 11) is 1.66. The lowest BCUT2D eigenvalue weighted by atomic mass is 10.1. The number of nitrogens with one attached hydrogen (secondary N) is 1. The molecule has 1 saturated carbocycles. The Labute approximate surface area is 79.9 Å². The fraction of sp³-hybridized carbons (Fsp3) is 0.400. The van der Waals surface area contributed by atoms with Crippen molar-refractivity contribution in [1.29, 1.82) is 0 Å². The Morgan fingerprint density at radius 3 is 2.43 bits per heavy atom. The number of hydrogen-bond acceptors (Lipinski definition) is 1. The molecule has 1 aromatic carbocycles. The molecule has 1 N–H and O–H groups in total. The average Bonchev–Trinajstić information content (AvgIpc) is 2.68. The minimum atomic E-state index is -3.20. The average molecular weight is 201 g/mol. The number of hydrogen-bond donors (Lipinski definition) is 1. The molecule has 1 atom stereocenters. The molecule has 0 radical (unpaired) electrons. The highest BCUT2D eigenvalue weighted by atomic mass is 19.3. The van der Waals surface area contributed by atoms with Gasteiger partial charge in [-0.05, 0) is 17.7 Å². The van der Waals surface area contributed by atoms with E-state index in [0.717, 1.165) is 0 Å². The Morgan fingerprint density at radius 2 is 1.93 bits per heavy atom. The Kier molecular flexibility index (Phi) is 1.77. The second kappa shape index (κ2) is 2.65. The van der Waals surface area contributed by atoms with Crippen LogP contribution in [0.3, 0.4) is 0 Å². The Bertz CT molecular complexity index is 364. The van der Waals surface area contributed by atoms with Crippen molar-refractivity contribution in [3.05, 3.63) is 29.8 Å². The predicted octanol–water partition coefficient (Wildman–Crippen LogP) is 2.93. The normalized spacial score (nSPS) is 28.6. The Hall–Kier alpha value is -1.19. The molecule has 1 aromatic rings. The van der Waals surface area contributed by atoms with Crippen LogP contribution < -0.4 is 5.32 Å². The van der Waals surface area contributed by atoms with Crippen molar-refractivity contribution >= 4 is 5.69 Å². The molecule has 4 heteroatoms. The molecule has 1 unspecified atom stereocenters. The Morgan fingerprint density at radius 1 is 1.29 bits per heavy atom. The van der Waals surface area contributed by atoms with E-state index in [2.05, 4.69) is 5.32 Å². The highest BCUT2D eigenvalue weighted by Gasteiger charge is 2.74. The van der Waals surface area contributed by atoms with Gasteiger partial charge in [-0.25, -0.2) is 13.2 Å². The maximum absolute atomic E-state index is 13.5. The fourth-order valence-electron chi connectivity index (χ4n) is 1.50. The lowest BCUT2D eigenvalue weighted by Gasteiger charge is -2.08. The van der Waals surface area contributed by atoms with E-state index in [1.807, 2.05) is 0 Å². The van der Waals surface area contributed by atoms with E-state index in [-0.39, 0.29) is 5.56 Å². The first kappa shape index (κ1) is 9.37. The first-order valence-electron chi connectivity index (χ1n) is 4.35. The van der Waals surface area contributed by atoms with Crippen LogP contribution in [0.4, 0.5) is 18.9 Å². The van der Waals surface area contributed by atoms with Gasteiger partial charge >= 0.3 is 0 Å². The zero-order valence-electron chi connectivity index (χ0n) is 7.65. The third-order valence-electron chi connectivity index (χ3n) is 2.53. The van der Waals surface area contributed by atoms with Gasteiger partial charge < -0.3 is 5.32 Å². The van der Waals surface area contributed by atoms with Gasteiger partial charge in [-0.1, -0.05) is 12.1 Å². The second-order valence-corrected chi connectivity index (χ2v) is 3.51. The van der Waals surface area contributed by atoms with Gasteiger partial charge in [-0.15, -0.1) is 0 Å². The van der Waals surface area contributed by atoms with E-state index in [4.69, 9.17) is 0 Å². The molecule has 0 aliphatic heterocycles. The molecule has 0 heterocycles. The van der Waals surface area contributed by atoms with Gasteiger partial charge in [0.1, 0.15) is 0 Å². The summed E-state index contributed by atoms with van der Waals surface area (Å²) in [4.78, 5) is 0. The predicted molar refractivity (Wildman–Crippen MR) is 48.3 cm³/mol. The van der Waals surface area contributed by atoms with Crippen LogP contribution in [-0.4, -0.2) is 13.0 Å². The van der Waals surface area contributed by atoms with Gasteiger partial charge in [0.2, 0.25) is 5.67 Å². The molecular formula is C10H10F3N. The molecule has 1 nitrogen and oxygen atoms in total. The number of rotatable bonds is 2. The lowest BCUT2D eigenvalue weighted by molar-refractivity contribution is 0.0421. The van der Waals surface area contributed by atoms with Crippen LogP contribution in [-0.2, 0) is 5.67 Å². The van der Waals surface area contributed by atoms with Gasteiger partial charge in [-0.3, -0.25) is 0 Å². The molecule has 1 aliphatic carbocycles. The number of benzene rings is 1. The van der Waals surface area contributed by atoms with Crippen molar-refractivity contribution in [1.82, 2.24) is 0 Å². The van der Waals surface area contributed by atoms with Crippen LogP contribution in [0.5, 0.6) is 0 Å². The third kappa shape index (κ3) is 1.17. The molecule has 76 valence electrons. The first-order chi connectivity index (χ1) is 6.49. The summed E-state index contributed by atoms with van der Waals surface area (Å²) in [5, 5.41) is 2.78. The van der Waals surface area contributed by atoms with Crippen LogP contribution in [0.25, 0.3) is 0 Å². The first-order valence-corrected chi connectivity index (χ1v) is 4.35. The molecular weight excluding hydrogens is 191 g/mol. The fourth-order valence-corrected chi connectivity index (χ4v) is 1.50. The number of halogens is 3. The smallest absolute Gasteiger partial charge is 0.289 e. The zero-order valence-corrected chi connectivity index (χ0v) is 7.65. The van der Waals surface area contributed by atoms with E-state index >= 15 is 0 Å². The van der Waals surface area contributed by atoms with Crippen LogP contribution >= 0.6 is 0 Å². The van der Waals surface area contributed by atoms with Gasteiger partial charge in [0.05, 0.1) is 6.42 Å². The molecule has 0 spiro atoms. The summed E-state index contributed by atoms with van der Waals surface area (Å²) >= 11 is 0. The summed E-state index contributed by atoms with van der Waals surface area (Å²) in [6, 6.07) is 6.08. The van der Waals surface area contributed by atoms with Gasteiger partial charge in [-0.2, -0.15) is 0 Å². The summed E-state index contributed by atoms with van der Waals surface area (Å²) in [5.74, 6) is -3.20. The topological polar surface area (TPSA) is 12.0 Å². The van der Waals surface area contributed by atoms with Crippen LogP contribution in [0.2, 0.25) is 0 Å². The molecule has 14 heavy (non-hydrogen) atoms. The third-order valence-corrected chi connectivity index (χ3v) is 2.53. The van der Waals surface area contributed by atoms with E-state index in [0.29, 0.717) is 5.69 Å². The minimum absolute atomic E-state index is 0.0503. The largest absolute Gasteiger partial charge is 0.388 e. The van der Waals surface area contributed by atoms with Crippen molar-refractivity contribution in [3.63, 3.8) is 0 Å². The number of alkyl halides is 3. The highest BCUT2D eigenvalue weighted by molar-refractivity contribution is 5.49. The SMILES string of the molecule is CNc1cccc(C2(F)CC2(F)F)c1.